The number of nitrogens with zero attached hydrogens (tertiary/aromatic N) is 3. The van der Waals surface area contributed by atoms with Crippen molar-refractivity contribution < 1.29 is 4.79 Å². The van der Waals surface area contributed by atoms with Crippen LogP contribution in [0.2, 0.25) is 0 Å². The Morgan fingerprint density at radius 3 is 2.64 bits per heavy atom. The highest BCUT2D eigenvalue weighted by atomic mass is 32.1. The Balaban J connectivity index is 2.93. The van der Waals surface area contributed by atoms with Gasteiger partial charge in [0, 0.05) is 19.0 Å². The molecule has 1 heterocycles. The van der Waals surface area contributed by atoms with E-state index < -0.39 is 5.91 Å². The van der Waals surface area contributed by atoms with Gasteiger partial charge in [0.15, 0.2) is 0 Å². The standard InChI is InChI=1S/C8H12N4OS/c1-5-6(10-11-12(2)3)4-7(14-5)8(9)13/h4H,1-3H3,(H2,9,13). The van der Waals surface area contributed by atoms with Gasteiger partial charge in [-0.25, -0.2) is 0 Å². The molecular formula is C8H12N4OS. The second-order valence-corrected chi connectivity index (χ2v) is 4.21. The Labute approximate surface area is 86.2 Å². The maximum atomic E-state index is 10.9. The molecule has 0 spiro atoms. The van der Waals surface area contributed by atoms with Gasteiger partial charge in [-0.15, -0.1) is 16.5 Å². The number of hydrogen-bond donors (Lipinski definition) is 1. The fourth-order valence-electron chi connectivity index (χ4n) is 0.831. The van der Waals surface area contributed by atoms with E-state index in [9.17, 15) is 4.79 Å². The summed E-state index contributed by atoms with van der Waals surface area (Å²) in [5.74, 6) is -0.426. The van der Waals surface area contributed by atoms with E-state index in [4.69, 9.17) is 5.73 Å². The summed E-state index contributed by atoms with van der Waals surface area (Å²) in [6, 6.07) is 1.65. The summed E-state index contributed by atoms with van der Waals surface area (Å²) in [6.07, 6.45) is 0. The third-order valence-electron chi connectivity index (χ3n) is 1.47. The van der Waals surface area contributed by atoms with Crippen molar-refractivity contribution in [2.45, 2.75) is 6.92 Å². The van der Waals surface area contributed by atoms with Crippen LogP contribution < -0.4 is 5.73 Å². The minimum absolute atomic E-state index is 0.426. The largest absolute Gasteiger partial charge is 0.365 e. The third-order valence-corrected chi connectivity index (χ3v) is 2.52. The van der Waals surface area contributed by atoms with Gasteiger partial charge < -0.3 is 5.73 Å². The van der Waals surface area contributed by atoms with Crippen molar-refractivity contribution in [3.05, 3.63) is 15.8 Å². The van der Waals surface area contributed by atoms with Crippen LogP contribution in [0, 0.1) is 6.92 Å². The molecule has 0 bridgehead atoms. The summed E-state index contributed by atoms with van der Waals surface area (Å²) in [5, 5.41) is 9.39. The second kappa shape index (κ2) is 4.19. The number of amides is 1. The van der Waals surface area contributed by atoms with Crippen LogP contribution >= 0.6 is 11.3 Å². The van der Waals surface area contributed by atoms with E-state index in [-0.39, 0.29) is 0 Å². The Bertz CT molecular complexity index is 369. The Hall–Kier alpha value is -1.43. The lowest BCUT2D eigenvalue weighted by Crippen LogP contribution is -2.08. The van der Waals surface area contributed by atoms with Gasteiger partial charge in [-0.3, -0.25) is 9.80 Å². The van der Waals surface area contributed by atoms with Crippen molar-refractivity contribution in [1.82, 2.24) is 5.01 Å². The smallest absolute Gasteiger partial charge is 0.258 e. The third kappa shape index (κ3) is 2.53. The van der Waals surface area contributed by atoms with Gasteiger partial charge in [0.05, 0.1) is 4.88 Å². The number of primary amides is 1. The van der Waals surface area contributed by atoms with Crippen molar-refractivity contribution in [2.24, 2.45) is 16.1 Å². The number of aryl methyl sites for hydroxylation is 1. The van der Waals surface area contributed by atoms with Gasteiger partial charge in [-0.1, -0.05) is 5.22 Å². The zero-order chi connectivity index (χ0) is 10.7. The van der Waals surface area contributed by atoms with E-state index >= 15 is 0 Å². The van der Waals surface area contributed by atoms with E-state index in [0.29, 0.717) is 10.6 Å². The Morgan fingerprint density at radius 1 is 1.57 bits per heavy atom. The molecule has 5 nitrogen and oxygen atoms in total. The van der Waals surface area contributed by atoms with E-state index in [2.05, 4.69) is 10.3 Å². The first-order chi connectivity index (χ1) is 6.50. The molecule has 0 saturated carbocycles. The molecule has 1 aromatic rings. The molecule has 0 aliphatic heterocycles. The molecule has 1 rings (SSSR count). The summed E-state index contributed by atoms with van der Waals surface area (Å²) >= 11 is 1.33. The first-order valence-electron chi connectivity index (χ1n) is 4.00. The van der Waals surface area contributed by atoms with Crippen LogP contribution in [-0.2, 0) is 0 Å². The van der Waals surface area contributed by atoms with Crippen molar-refractivity contribution in [1.29, 1.82) is 0 Å². The minimum atomic E-state index is -0.426. The number of rotatable bonds is 3. The topological polar surface area (TPSA) is 71.0 Å². The van der Waals surface area contributed by atoms with Crippen molar-refractivity contribution in [3.63, 3.8) is 0 Å². The highest BCUT2D eigenvalue weighted by Crippen LogP contribution is 2.28. The zero-order valence-electron chi connectivity index (χ0n) is 8.31. The maximum absolute atomic E-state index is 10.9. The molecule has 0 aliphatic rings. The van der Waals surface area contributed by atoms with Gasteiger partial charge in [0.25, 0.3) is 5.91 Å². The zero-order valence-corrected chi connectivity index (χ0v) is 9.13. The molecule has 0 unspecified atom stereocenters. The van der Waals surface area contributed by atoms with E-state index in [0.717, 1.165) is 4.88 Å². The first kappa shape index (κ1) is 10.6. The number of hydrogen-bond acceptors (Lipinski definition) is 4. The fourth-order valence-corrected chi connectivity index (χ4v) is 1.64. The molecule has 0 radical (unpaired) electrons. The second-order valence-electron chi connectivity index (χ2n) is 2.95. The predicted molar refractivity (Wildman–Crippen MR) is 55.8 cm³/mol. The van der Waals surface area contributed by atoms with Crippen molar-refractivity contribution in [2.75, 3.05) is 14.1 Å². The molecule has 2 N–H and O–H groups in total. The molecule has 14 heavy (non-hydrogen) atoms. The molecule has 0 aliphatic carbocycles. The fraction of sp³-hybridized carbons (Fsp3) is 0.375. The summed E-state index contributed by atoms with van der Waals surface area (Å²) in [7, 11) is 3.56. The molecule has 0 saturated heterocycles. The minimum Gasteiger partial charge on any atom is -0.365 e. The summed E-state index contributed by atoms with van der Waals surface area (Å²) in [6.45, 7) is 1.88. The van der Waals surface area contributed by atoms with Gasteiger partial charge >= 0.3 is 0 Å². The van der Waals surface area contributed by atoms with Gasteiger partial charge in [-0.05, 0) is 13.0 Å². The number of carbonyl (C=O) groups excluding carboxylic acids is 1. The molecule has 0 atom stereocenters. The quantitative estimate of drug-likeness (QED) is 0.612. The molecule has 1 amide bonds. The van der Waals surface area contributed by atoms with E-state index in [1.54, 1.807) is 25.2 Å². The Morgan fingerprint density at radius 2 is 2.21 bits per heavy atom. The lowest BCUT2D eigenvalue weighted by molar-refractivity contribution is 0.100. The maximum Gasteiger partial charge on any atom is 0.258 e. The van der Waals surface area contributed by atoms with Crippen LogP contribution in [-0.4, -0.2) is 25.0 Å². The number of carbonyl (C=O) groups is 1. The summed E-state index contributed by atoms with van der Waals surface area (Å²) in [5.41, 5.74) is 5.83. The monoisotopic (exact) mass is 212 g/mol. The van der Waals surface area contributed by atoms with Crippen LogP contribution in [0.1, 0.15) is 14.5 Å². The predicted octanol–water partition coefficient (Wildman–Crippen LogP) is 1.72. The summed E-state index contributed by atoms with van der Waals surface area (Å²) < 4.78 is 0. The van der Waals surface area contributed by atoms with Gasteiger partial charge in [-0.2, -0.15) is 0 Å². The first-order valence-corrected chi connectivity index (χ1v) is 4.81. The van der Waals surface area contributed by atoms with E-state index in [1.165, 1.54) is 11.3 Å². The molecule has 1 aromatic heterocycles. The lowest BCUT2D eigenvalue weighted by atomic mass is 10.4. The van der Waals surface area contributed by atoms with Crippen LogP contribution in [0.15, 0.2) is 16.4 Å². The Kier molecular flexibility index (Phi) is 3.19. The van der Waals surface area contributed by atoms with Gasteiger partial charge in [0.2, 0.25) is 0 Å². The normalized spacial score (nSPS) is 10.8. The van der Waals surface area contributed by atoms with Crippen LogP contribution in [0.5, 0.6) is 0 Å². The van der Waals surface area contributed by atoms with E-state index in [1.807, 2.05) is 6.92 Å². The highest BCUT2D eigenvalue weighted by Gasteiger charge is 2.08. The molecular weight excluding hydrogens is 200 g/mol. The molecule has 6 heteroatoms. The molecule has 0 fully saturated rings. The average molecular weight is 212 g/mol. The number of nitrogens with two attached hydrogens (primary N) is 1. The number of thiophene rings is 1. The average Bonchev–Trinajstić information content (AvgIpc) is 2.43. The SMILES string of the molecule is Cc1sc(C(N)=O)cc1N=NN(C)C. The van der Waals surface area contributed by atoms with Crippen LogP contribution in [0.25, 0.3) is 0 Å². The van der Waals surface area contributed by atoms with Crippen molar-refractivity contribution in [3.8, 4) is 0 Å². The van der Waals surface area contributed by atoms with Crippen LogP contribution in [0.3, 0.4) is 0 Å². The molecule has 76 valence electrons. The summed E-state index contributed by atoms with van der Waals surface area (Å²) in [4.78, 5) is 12.3. The molecule has 0 aromatic carbocycles. The van der Waals surface area contributed by atoms with Gasteiger partial charge in [0.1, 0.15) is 5.69 Å². The highest BCUT2D eigenvalue weighted by molar-refractivity contribution is 7.14. The lowest BCUT2D eigenvalue weighted by Gasteiger charge is -1.99. The van der Waals surface area contributed by atoms with Crippen molar-refractivity contribution >= 4 is 22.9 Å². The van der Waals surface area contributed by atoms with Crippen LogP contribution in [0.4, 0.5) is 5.69 Å².